The predicted octanol–water partition coefficient (Wildman–Crippen LogP) is 3.99. The van der Waals surface area contributed by atoms with Crippen molar-refractivity contribution in [3.05, 3.63) is 46.8 Å². The third-order valence-corrected chi connectivity index (χ3v) is 6.11. The van der Waals surface area contributed by atoms with Gasteiger partial charge < -0.3 is 4.52 Å². The molecule has 0 radical (unpaired) electrons. The molecule has 1 heterocycles. The van der Waals surface area contributed by atoms with E-state index in [1.165, 1.54) is 6.20 Å². The van der Waals surface area contributed by atoms with Gasteiger partial charge in [0.25, 0.3) is 0 Å². The van der Waals surface area contributed by atoms with E-state index in [0.29, 0.717) is 17.9 Å². The average molecular weight is 387 g/mol. The number of hydrogen-bond donors (Lipinski definition) is 0. The highest BCUT2D eigenvalue weighted by Gasteiger charge is 2.36. The van der Waals surface area contributed by atoms with E-state index in [1.807, 2.05) is 0 Å². The van der Waals surface area contributed by atoms with Crippen molar-refractivity contribution in [2.24, 2.45) is 0 Å². The molecule has 5 nitrogen and oxygen atoms in total. The van der Waals surface area contributed by atoms with Crippen LogP contribution in [-0.2, 0) is 16.0 Å². The van der Waals surface area contributed by atoms with E-state index in [2.05, 4.69) is 5.16 Å². The van der Waals surface area contributed by atoms with E-state index >= 15 is 0 Å². The van der Waals surface area contributed by atoms with Crippen LogP contribution in [0, 0.1) is 0 Å². The van der Waals surface area contributed by atoms with Gasteiger partial charge in [0.15, 0.2) is 21.4 Å². The Balaban J connectivity index is 2.14. The molecular formula is C17H16F3NO4S. The zero-order valence-corrected chi connectivity index (χ0v) is 14.7. The first kappa shape index (κ1) is 18.6. The molecule has 0 bridgehead atoms. The lowest BCUT2D eigenvalue weighted by atomic mass is 10.0. The zero-order chi connectivity index (χ0) is 19.1. The smallest absolute Gasteiger partial charge is 0.360 e. The highest BCUT2D eigenvalue weighted by Crippen LogP contribution is 2.42. The molecule has 1 aliphatic carbocycles. The van der Waals surface area contributed by atoms with Gasteiger partial charge >= 0.3 is 6.18 Å². The summed E-state index contributed by atoms with van der Waals surface area (Å²) in [7, 11) is -4.05. The topological polar surface area (TPSA) is 77.2 Å². The van der Waals surface area contributed by atoms with Gasteiger partial charge in [0.05, 0.1) is 28.0 Å². The van der Waals surface area contributed by atoms with Crippen molar-refractivity contribution < 1.29 is 30.9 Å². The van der Waals surface area contributed by atoms with Gasteiger partial charge in [0.1, 0.15) is 0 Å². The van der Waals surface area contributed by atoms with Crippen molar-refractivity contribution in [1.82, 2.24) is 5.16 Å². The third kappa shape index (κ3) is 3.53. The van der Waals surface area contributed by atoms with Gasteiger partial charge in [-0.2, -0.15) is 13.2 Å². The van der Waals surface area contributed by atoms with E-state index in [-0.39, 0.29) is 29.2 Å². The van der Waals surface area contributed by atoms with Gasteiger partial charge in [0.2, 0.25) is 0 Å². The zero-order valence-electron chi connectivity index (χ0n) is 13.8. The molecule has 0 saturated heterocycles. The fraction of sp³-hybridized carbons (Fsp3) is 0.412. The van der Waals surface area contributed by atoms with Crippen molar-refractivity contribution in [3.8, 4) is 0 Å². The van der Waals surface area contributed by atoms with Crippen LogP contribution in [0.5, 0.6) is 0 Å². The molecule has 26 heavy (non-hydrogen) atoms. The molecule has 0 atom stereocenters. The second-order valence-corrected chi connectivity index (χ2v) is 8.31. The first-order valence-corrected chi connectivity index (χ1v) is 9.73. The van der Waals surface area contributed by atoms with Crippen LogP contribution in [0.25, 0.3) is 0 Å². The molecule has 0 aliphatic heterocycles. The number of alkyl halides is 3. The molecule has 9 heteroatoms. The lowest BCUT2D eigenvalue weighted by molar-refractivity contribution is -0.137. The molecule has 2 aromatic rings. The predicted molar refractivity (Wildman–Crippen MR) is 85.7 cm³/mol. The quantitative estimate of drug-likeness (QED) is 0.701. The Morgan fingerprint density at radius 1 is 1.27 bits per heavy atom. The van der Waals surface area contributed by atoms with Gasteiger partial charge in [-0.05, 0) is 37.5 Å². The molecule has 1 aromatic heterocycles. The van der Waals surface area contributed by atoms with Crippen molar-refractivity contribution >= 4 is 15.6 Å². The second-order valence-electron chi connectivity index (χ2n) is 6.23. The van der Waals surface area contributed by atoms with Crippen LogP contribution >= 0.6 is 0 Å². The highest BCUT2D eigenvalue weighted by molar-refractivity contribution is 7.91. The number of carbonyl (C=O) groups is 1. The minimum atomic E-state index is -4.71. The molecule has 0 N–H and O–H groups in total. The first-order chi connectivity index (χ1) is 12.1. The number of hydrogen-bond acceptors (Lipinski definition) is 5. The van der Waals surface area contributed by atoms with Gasteiger partial charge in [-0.15, -0.1) is 0 Å². The van der Waals surface area contributed by atoms with Gasteiger partial charge in [-0.1, -0.05) is 12.1 Å². The maximum absolute atomic E-state index is 13.0. The number of benzene rings is 1. The van der Waals surface area contributed by atoms with Crippen LogP contribution in [0.3, 0.4) is 0 Å². The number of nitrogens with zero attached hydrogens (tertiary/aromatic N) is 1. The SMILES string of the molecule is CCCS(=O)(=O)c1cc(C(F)(F)F)ccc1C(=O)c1cnoc1C1CC1. The molecule has 3 rings (SSSR count). The van der Waals surface area contributed by atoms with Crippen LogP contribution in [0.1, 0.15) is 59.3 Å². The summed E-state index contributed by atoms with van der Waals surface area (Å²) >= 11 is 0. The highest BCUT2D eigenvalue weighted by atomic mass is 32.2. The lowest BCUT2D eigenvalue weighted by Crippen LogP contribution is -2.16. The van der Waals surface area contributed by atoms with E-state index in [0.717, 1.165) is 18.9 Å². The van der Waals surface area contributed by atoms with Crippen molar-refractivity contribution in [3.63, 3.8) is 0 Å². The summed E-state index contributed by atoms with van der Waals surface area (Å²) in [5, 5.41) is 3.59. The summed E-state index contributed by atoms with van der Waals surface area (Å²) in [4.78, 5) is 12.2. The molecule has 1 saturated carbocycles. The summed E-state index contributed by atoms with van der Waals surface area (Å²) in [6.07, 6.45) is -1.67. The molecule has 1 aliphatic rings. The van der Waals surface area contributed by atoms with Crippen molar-refractivity contribution in [2.45, 2.75) is 43.2 Å². The second kappa shape index (κ2) is 6.53. The van der Waals surface area contributed by atoms with E-state index < -0.39 is 32.3 Å². The maximum Gasteiger partial charge on any atom is 0.416 e. The Kier molecular flexibility index (Phi) is 4.68. The Labute approximate surface area is 148 Å². The fourth-order valence-electron chi connectivity index (χ4n) is 2.73. The van der Waals surface area contributed by atoms with Gasteiger partial charge in [-0.3, -0.25) is 4.79 Å². The summed E-state index contributed by atoms with van der Waals surface area (Å²) < 4.78 is 69.1. The van der Waals surface area contributed by atoms with E-state index in [4.69, 9.17) is 4.52 Å². The molecular weight excluding hydrogens is 371 g/mol. The molecule has 0 unspecified atom stereocenters. The van der Waals surface area contributed by atoms with Crippen molar-refractivity contribution in [1.29, 1.82) is 0 Å². The van der Waals surface area contributed by atoms with E-state index in [9.17, 15) is 26.4 Å². The Hall–Kier alpha value is -2.16. The van der Waals surface area contributed by atoms with Crippen LogP contribution in [0.4, 0.5) is 13.2 Å². The summed E-state index contributed by atoms with van der Waals surface area (Å²) in [5.74, 6) is -0.653. The lowest BCUT2D eigenvalue weighted by Gasteiger charge is -2.13. The summed E-state index contributed by atoms with van der Waals surface area (Å²) in [5.41, 5.74) is -1.31. The summed E-state index contributed by atoms with van der Waals surface area (Å²) in [6, 6.07) is 2.16. The fourth-order valence-corrected chi connectivity index (χ4v) is 4.29. The van der Waals surface area contributed by atoms with Gasteiger partial charge in [0, 0.05) is 11.5 Å². The Bertz CT molecular complexity index is 943. The Morgan fingerprint density at radius 3 is 2.54 bits per heavy atom. The minimum absolute atomic E-state index is 0.0431. The standard InChI is InChI=1S/C17H16F3NO4S/c1-2-7-26(23,24)14-8-11(17(18,19)20)5-6-12(14)15(22)13-9-21-25-16(13)10-3-4-10/h5-6,8-10H,2-4,7H2,1H3. The number of sulfone groups is 1. The van der Waals surface area contributed by atoms with Crippen LogP contribution < -0.4 is 0 Å². The van der Waals surface area contributed by atoms with Crippen LogP contribution in [0.15, 0.2) is 33.8 Å². The van der Waals surface area contributed by atoms with Crippen molar-refractivity contribution in [2.75, 3.05) is 5.75 Å². The molecule has 0 spiro atoms. The normalized spacial score (nSPS) is 15.2. The largest absolute Gasteiger partial charge is 0.416 e. The average Bonchev–Trinajstić information content (AvgIpc) is 3.29. The number of halogens is 3. The molecule has 1 aromatic carbocycles. The third-order valence-electron chi connectivity index (χ3n) is 4.15. The van der Waals surface area contributed by atoms with E-state index in [1.54, 1.807) is 6.92 Å². The number of aromatic nitrogens is 1. The Morgan fingerprint density at radius 2 is 1.96 bits per heavy atom. The van der Waals surface area contributed by atoms with Crippen LogP contribution in [0.2, 0.25) is 0 Å². The monoisotopic (exact) mass is 387 g/mol. The number of carbonyl (C=O) groups excluding carboxylic acids is 1. The molecule has 1 fully saturated rings. The minimum Gasteiger partial charge on any atom is -0.360 e. The number of rotatable bonds is 6. The first-order valence-electron chi connectivity index (χ1n) is 8.08. The maximum atomic E-state index is 13.0. The van der Waals surface area contributed by atoms with Crippen LogP contribution in [-0.4, -0.2) is 25.1 Å². The molecule has 140 valence electrons. The summed E-state index contributed by atoms with van der Waals surface area (Å²) in [6.45, 7) is 1.60. The van der Waals surface area contributed by atoms with Gasteiger partial charge in [-0.25, -0.2) is 8.42 Å². The molecule has 0 amide bonds. The number of ketones is 1.